The molecule has 1 saturated carbocycles. The largest absolute Gasteiger partial charge is 0.375 e. The summed E-state index contributed by atoms with van der Waals surface area (Å²) in [4.78, 5) is 6.62. The number of hydrogen-bond acceptors (Lipinski definition) is 9. The highest BCUT2D eigenvalue weighted by Gasteiger charge is 2.45. The van der Waals surface area contributed by atoms with Crippen LogP contribution in [0, 0.1) is 0 Å². The highest BCUT2D eigenvalue weighted by atomic mass is 32.2. The second-order valence-corrected chi connectivity index (χ2v) is 11.9. The lowest BCUT2D eigenvalue weighted by atomic mass is 9.99. The quantitative estimate of drug-likeness (QED) is 0.535. The molecule has 5 heterocycles. The molecule has 0 aromatic carbocycles. The second-order valence-electron chi connectivity index (χ2n) is 9.26. The summed E-state index contributed by atoms with van der Waals surface area (Å²) in [6.07, 6.45) is 1.76. The smallest absolute Gasteiger partial charge is 0.291 e. The summed E-state index contributed by atoms with van der Waals surface area (Å²) in [6.45, 7) is 4.33. The van der Waals surface area contributed by atoms with Crippen molar-refractivity contribution in [2.75, 3.05) is 37.8 Å². The lowest BCUT2D eigenvalue weighted by molar-refractivity contribution is -0.211. The topological polar surface area (TPSA) is 111 Å². The number of nitrogens with zero attached hydrogens (tertiary/aromatic N) is 5. The van der Waals surface area contributed by atoms with Gasteiger partial charge >= 0.3 is 0 Å². The minimum atomic E-state index is -3.85. The molecule has 3 aromatic heterocycles. The van der Waals surface area contributed by atoms with E-state index in [1.165, 1.54) is 12.4 Å². The number of rotatable bonds is 6. The lowest BCUT2D eigenvalue weighted by Crippen LogP contribution is -2.63. The molecule has 0 radical (unpaired) electrons. The molecule has 0 bridgehead atoms. The van der Waals surface area contributed by atoms with E-state index in [2.05, 4.69) is 19.9 Å². The normalized spacial score (nSPS) is 21.4. The third kappa shape index (κ3) is 3.77. The first-order valence-electron chi connectivity index (χ1n) is 10.8. The number of sulfonamides is 1. The van der Waals surface area contributed by atoms with Crippen molar-refractivity contribution >= 4 is 32.7 Å². The number of anilines is 1. The summed E-state index contributed by atoms with van der Waals surface area (Å²) in [5, 5.41) is 7.28. The summed E-state index contributed by atoms with van der Waals surface area (Å²) >= 11 is 0.753. The van der Waals surface area contributed by atoms with Gasteiger partial charge in [0.25, 0.3) is 6.43 Å². The Balaban J connectivity index is 1.49. The average molecular weight is 513 g/mol. The highest BCUT2D eigenvalue weighted by molar-refractivity contribution is 7.89. The van der Waals surface area contributed by atoms with E-state index in [-0.39, 0.29) is 9.90 Å². The molecule has 1 aliphatic carbocycles. The van der Waals surface area contributed by atoms with Crippen LogP contribution in [0.5, 0.6) is 0 Å². The minimum absolute atomic E-state index is 0.0615. The molecule has 0 amide bonds. The highest BCUT2D eigenvalue weighted by Crippen LogP contribution is 2.38. The van der Waals surface area contributed by atoms with E-state index in [4.69, 9.17) is 9.47 Å². The van der Waals surface area contributed by atoms with E-state index < -0.39 is 32.6 Å². The van der Waals surface area contributed by atoms with E-state index >= 15 is 0 Å². The van der Waals surface area contributed by atoms with Crippen LogP contribution in [0.4, 0.5) is 14.5 Å². The first-order chi connectivity index (χ1) is 16.2. The zero-order chi connectivity index (χ0) is 23.7. The number of alkyl halides is 2. The van der Waals surface area contributed by atoms with Crippen molar-refractivity contribution in [2.24, 2.45) is 0 Å². The number of morpholine rings is 1. The van der Waals surface area contributed by atoms with E-state index in [0.717, 1.165) is 24.2 Å². The van der Waals surface area contributed by atoms with E-state index in [1.807, 2.05) is 11.8 Å². The van der Waals surface area contributed by atoms with Crippen molar-refractivity contribution in [3.8, 4) is 10.7 Å². The molecule has 1 spiro atoms. The molecule has 2 aliphatic heterocycles. The molecular formula is C20H22F2N6O4S2. The third-order valence-electron chi connectivity index (χ3n) is 6.42. The van der Waals surface area contributed by atoms with Crippen LogP contribution in [0.3, 0.4) is 0 Å². The molecule has 3 aliphatic rings. The van der Waals surface area contributed by atoms with Gasteiger partial charge in [0.2, 0.25) is 10.0 Å². The molecule has 0 atom stereocenters. The Labute approximate surface area is 197 Å². The number of imidazole rings is 1. The van der Waals surface area contributed by atoms with Crippen LogP contribution in [-0.2, 0) is 19.5 Å². The zero-order valence-corrected chi connectivity index (χ0v) is 19.8. The van der Waals surface area contributed by atoms with Crippen molar-refractivity contribution in [1.29, 1.82) is 0 Å². The maximum atomic E-state index is 13.3. The Morgan fingerprint density at radius 2 is 2.06 bits per heavy atom. The summed E-state index contributed by atoms with van der Waals surface area (Å²) in [7, 11) is -3.85. The number of halogens is 2. The van der Waals surface area contributed by atoms with Crippen molar-refractivity contribution < 1.29 is 26.7 Å². The van der Waals surface area contributed by atoms with Gasteiger partial charge in [-0.25, -0.2) is 26.9 Å². The van der Waals surface area contributed by atoms with Crippen molar-refractivity contribution in [3.05, 3.63) is 23.5 Å². The predicted molar refractivity (Wildman–Crippen MR) is 119 cm³/mol. The molecule has 34 heavy (non-hydrogen) atoms. The van der Waals surface area contributed by atoms with Crippen LogP contribution in [0.1, 0.15) is 31.2 Å². The summed E-state index contributed by atoms with van der Waals surface area (Å²) in [5.41, 5.74) is 0.625. The number of nitrogens with one attached hydrogen (secondary N) is 1. The van der Waals surface area contributed by atoms with Gasteiger partial charge in [0.15, 0.2) is 15.7 Å². The summed E-state index contributed by atoms with van der Waals surface area (Å²) in [6, 6.07) is 1.61. The van der Waals surface area contributed by atoms with Gasteiger partial charge < -0.3 is 14.4 Å². The Kier molecular flexibility index (Phi) is 4.98. The van der Waals surface area contributed by atoms with Gasteiger partial charge in [-0.05, 0) is 25.8 Å². The van der Waals surface area contributed by atoms with Crippen LogP contribution in [0.15, 0.2) is 23.4 Å². The number of pyridine rings is 1. The monoisotopic (exact) mass is 512 g/mol. The molecule has 0 unspecified atom stereocenters. The van der Waals surface area contributed by atoms with Crippen LogP contribution in [-0.4, -0.2) is 72.0 Å². The lowest BCUT2D eigenvalue weighted by Gasteiger charge is -2.48. The number of fused-ring (bicyclic) bond motifs is 1. The predicted octanol–water partition coefficient (Wildman–Crippen LogP) is 2.23. The van der Waals surface area contributed by atoms with Crippen molar-refractivity contribution in [2.45, 2.75) is 42.2 Å². The van der Waals surface area contributed by atoms with E-state index in [0.29, 0.717) is 49.9 Å². The van der Waals surface area contributed by atoms with Crippen LogP contribution in [0.25, 0.3) is 16.3 Å². The molecule has 182 valence electrons. The fourth-order valence-corrected chi connectivity index (χ4v) is 6.42. The van der Waals surface area contributed by atoms with Crippen molar-refractivity contribution in [1.82, 2.24) is 24.3 Å². The number of ether oxygens (including phenoxy) is 2. The SMILES string of the molecule is CC1(NS(=O)(=O)c2cc(N3CCOC4(COC4)C3)c3ncc(-c4nnc(C(F)F)s4)n3c2)CC1. The van der Waals surface area contributed by atoms with Gasteiger partial charge in [-0.1, -0.05) is 11.3 Å². The maximum absolute atomic E-state index is 13.3. The molecule has 10 nitrogen and oxygen atoms in total. The Morgan fingerprint density at radius 1 is 1.26 bits per heavy atom. The number of hydrogen-bond donors (Lipinski definition) is 1. The van der Waals surface area contributed by atoms with E-state index in [1.54, 1.807) is 10.5 Å². The minimum Gasteiger partial charge on any atom is -0.375 e. The standard InChI is InChI=1S/C20H22F2N6O4S2/c1-19(2-3-19)26-34(29,30)12-6-13(27-4-5-32-20(9-27)10-31-11-20)16-23-7-14(28(16)8-12)17-24-25-18(33-17)15(21)22/h6-8,15,26H,2-5,9-11H2,1H3. The molecule has 3 aromatic rings. The third-order valence-corrected chi connectivity index (χ3v) is 8.98. The molecular weight excluding hydrogens is 490 g/mol. The summed E-state index contributed by atoms with van der Waals surface area (Å²) < 4.78 is 68.4. The maximum Gasteiger partial charge on any atom is 0.291 e. The van der Waals surface area contributed by atoms with Gasteiger partial charge in [-0.15, -0.1) is 10.2 Å². The van der Waals surface area contributed by atoms with Gasteiger partial charge in [0, 0.05) is 18.3 Å². The molecule has 2 saturated heterocycles. The Morgan fingerprint density at radius 3 is 2.71 bits per heavy atom. The van der Waals surface area contributed by atoms with Gasteiger partial charge in [0.05, 0.1) is 38.2 Å². The molecule has 1 N–H and O–H groups in total. The van der Waals surface area contributed by atoms with Crippen LogP contribution < -0.4 is 9.62 Å². The fraction of sp³-hybridized carbons (Fsp3) is 0.550. The average Bonchev–Trinajstić information content (AvgIpc) is 3.18. The van der Waals surface area contributed by atoms with E-state index in [9.17, 15) is 17.2 Å². The van der Waals surface area contributed by atoms with Gasteiger partial charge in [0.1, 0.15) is 16.2 Å². The Bertz CT molecular complexity index is 1370. The zero-order valence-electron chi connectivity index (χ0n) is 18.2. The van der Waals surface area contributed by atoms with Crippen molar-refractivity contribution in [3.63, 3.8) is 0 Å². The Hall–Kier alpha value is -2.26. The van der Waals surface area contributed by atoms with Crippen LogP contribution in [0.2, 0.25) is 0 Å². The van der Waals surface area contributed by atoms with Gasteiger partial charge in [-0.3, -0.25) is 4.40 Å². The van der Waals surface area contributed by atoms with Gasteiger partial charge in [-0.2, -0.15) is 0 Å². The molecule has 6 rings (SSSR count). The first kappa shape index (κ1) is 22.2. The molecule has 3 fully saturated rings. The van der Waals surface area contributed by atoms with Crippen LogP contribution >= 0.6 is 11.3 Å². The fourth-order valence-electron chi connectivity index (χ4n) is 4.24. The molecule has 14 heteroatoms. The first-order valence-corrected chi connectivity index (χ1v) is 13.1. The number of aromatic nitrogens is 4. The summed E-state index contributed by atoms with van der Waals surface area (Å²) in [5.74, 6) is 0. The second kappa shape index (κ2) is 7.62.